The Kier molecular flexibility index (Phi) is 22.6. The third-order valence-electron chi connectivity index (χ3n) is 1.17. The molecule has 16 heteroatoms. The minimum Gasteiger partial charge on any atom is -0.479 e. The van der Waals surface area contributed by atoms with Gasteiger partial charge in [0.2, 0.25) is 0 Å². The largest absolute Gasteiger partial charge is 0.479 e. The van der Waals surface area contributed by atoms with Crippen molar-refractivity contribution in [1.82, 2.24) is 0 Å². The third-order valence-corrected chi connectivity index (χ3v) is 1.17. The summed E-state index contributed by atoms with van der Waals surface area (Å²) in [6.07, 6.45) is -2.70. The standard InChI is InChI=1S/C4H6O6.C4H4O4.CH4O3S.ClH.H2O/c5-1(3(7)8)2(6)4(9)10;5-3(6)1-2-4(7)8;1-5(2,3)4;;/h1-2,5-6H,(H,7,8)(H,9,10);1-2H,(H,5,6)(H,7,8);1H3,(H,2,3,4);1H;1H2/b;2-1-;;;. The fourth-order valence-corrected chi connectivity index (χ4v) is 0.413. The second-order valence-electron chi connectivity index (χ2n) is 3.31. The molecule has 0 aliphatic rings. The van der Waals surface area contributed by atoms with Crippen LogP contribution < -0.4 is 0 Å². The summed E-state index contributed by atoms with van der Waals surface area (Å²) < 4.78 is 25.9. The van der Waals surface area contributed by atoms with Crippen LogP contribution in [-0.4, -0.2) is 91.4 Å². The fraction of sp³-hybridized carbons (Fsp3) is 0.333. The number of halogens is 1. The normalized spacial score (nSPS) is 11.7. The Bertz CT molecular complexity index is 511. The highest BCUT2D eigenvalue weighted by Crippen LogP contribution is 1.92. The van der Waals surface area contributed by atoms with Crippen molar-refractivity contribution in [2.45, 2.75) is 12.2 Å². The van der Waals surface area contributed by atoms with Crippen LogP contribution in [0, 0.1) is 0 Å². The molecule has 0 rings (SSSR count). The van der Waals surface area contributed by atoms with Crippen molar-refractivity contribution in [3.8, 4) is 0 Å². The van der Waals surface area contributed by atoms with Gasteiger partial charge >= 0.3 is 23.9 Å². The monoisotopic (exact) mass is 416 g/mol. The Morgan fingerprint density at radius 2 is 0.960 bits per heavy atom. The molecule has 0 spiro atoms. The van der Waals surface area contributed by atoms with Gasteiger partial charge in [-0.2, -0.15) is 8.42 Å². The fourth-order valence-electron chi connectivity index (χ4n) is 0.413. The Hall–Kier alpha value is -2.30. The number of carboxylic acids is 4. The first-order valence-corrected chi connectivity index (χ1v) is 6.82. The first-order valence-electron chi connectivity index (χ1n) is 4.97. The molecule has 9 N–H and O–H groups in total. The number of hydrogen-bond donors (Lipinski definition) is 7. The zero-order valence-corrected chi connectivity index (χ0v) is 13.8. The lowest BCUT2D eigenvalue weighted by atomic mass is 10.2. The Morgan fingerprint density at radius 1 is 0.800 bits per heavy atom. The van der Waals surface area contributed by atoms with Crippen LogP contribution >= 0.6 is 12.4 Å². The molecular formula is C9H17ClO14S. The summed E-state index contributed by atoms with van der Waals surface area (Å²) in [5.41, 5.74) is 0. The Balaban J connectivity index is -0.0000000808. The van der Waals surface area contributed by atoms with Crippen LogP contribution in [0.15, 0.2) is 12.2 Å². The van der Waals surface area contributed by atoms with Gasteiger partial charge in [-0.15, -0.1) is 12.4 Å². The molecule has 0 saturated carbocycles. The summed E-state index contributed by atoms with van der Waals surface area (Å²) in [5, 5.41) is 48.2. The van der Waals surface area contributed by atoms with Crippen LogP contribution in [0.1, 0.15) is 0 Å². The molecule has 0 aromatic heterocycles. The lowest BCUT2D eigenvalue weighted by Crippen LogP contribution is -2.39. The van der Waals surface area contributed by atoms with Gasteiger partial charge in [-0.3, -0.25) is 4.55 Å². The van der Waals surface area contributed by atoms with Crippen molar-refractivity contribution in [1.29, 1.82) is 0 Å². The molecule has 150 valence electrons. The summed E-state index contributed by atoms with van der Waals surface area (Å²) >= 11 is 0. The molecule has 0 bridgehead atoms. The lowest BCUT2D eigenvalue weighted by Gasteiger charge is -2.07. The van der Waals surface area contributed by atoms with Gasteiger partial charge in [-0.05, 0) is 0 Å². The van der Waals surface area contributed by atoms with E-state index in [1.54, 1.807) is 0 Å². The van der Waals surface area contributed by atoms with Gasteiger partial charge in [0.05, 0.1) is 6.26 Å². The van der Waals surface area contributed by atoms with Gasteiger partial charge in [-0.1, -0.05) is 0 Å². The maximum Gasteiger partial charge on any atom is 0.335 e. The third kappa shape index (κ3) is 39.0. The molecule has 0 aromatic rings. The molecule has 2 unspecified atom stereocenters. The zero-order chi connectivity index (χ0) is 19.4. The summed E-state index contributed by atoms with van der Waals surface area (Å²) in [6, 6.07) is 0. The molecule has 14 nitrogen and oxygen atoms in total. The van der Waals surface area contributed by atoms with Crippen molar-refractivity contribution in [3.05, 3.63) is 12.2 Å². The van der Waals surface area contributed by atoms with E-state index in [0.717, 1.165) is 0 Å². The quantitative estimate of drug-likeness (QED) is 0.171. The SMILES string of the molecule is CS(=O)(=O)O.Cl.O.O=C(O)/C=C\C(=O)O.O=C(O)C(O)C(O)C(=O)O. The second kappa shape index (κ2) is 16.6. The van der Waals surface area contributed by atoms with E-state index in [2.05, 4.69) is 0 Å². The van der Waals surface area contributed by atoms with E-state index >= 15 is 0 Å². The Morgan fingerprint density at radius 3 is 1.04 bits per heavy atom. The average molecular weight is 417 g/mol. The predicted octanol–water partition coefficient (Wildman–Crippen LogP) is -3.31. The van der Waals surface area contributed by atoms with Crippen LogP contribution in [0.25, 0.3) is 0 Å². The lowest BCUT2D eigenvalue weighted by molar-refractivity contribution is -0.165. The maximum atomic E-state index is 9.77. The number of hydrogen-bond acceptors (Lipinski definition) is 8. The molecular weight excluding hydrogens is 400 g/mol. The highest BCUT2D eigenvalue weighted by atomic mass is 35.5. The molecule has 0 fully saturated rings. The van der Waals surface area contributed by atoms with Crippen LogP contribution in [0.5, 0.6) is 0 Å². The summed E-state index contributed by atoms with van der Waals surface area (Å²) in [7, 11) is -3.67. The number of carbonyl (C=O) groups is 4. The van der Waals surface area contributed by atoms with E-state index in [0.29, 0.717) is 18.4 Å². The Labute approximate surface area is 146 Å². The number of aliphatic hydroxyl groups is 2. The maximum absolute atomic E-state index is 9.77. The topological polar surface area (TPSA) is 276 Å². The first kappa shape index (κ1) is 34.1. The van der Waals surface area contributed by atoms with Crippen molar-refractivity contribution < 1.29 is 68.3 Å². The number of aliphatic hydroxyl groups excluding tert-OH is 2. The van der Waals surface area contributed by atoms with Gasteiger partial charge in [-0.25, -0.2) is 19.2 Å². The van der Waals surface area contributed by atoms with Crippen LogP contribution in [-0.2, 0) is 29.3 Å². The molecule has 0 aromatic carbocycles. The highest BCUT2D eigenvalue weighted by Gasteiger charge is 2.29. The van der Waals surface area contributed by atoms with E-state index in [9.17, 15) is 27.6 Å². The van der Waals surface area contributed by atoms with Crippen molar-refractivity contribution >= 4 is 46.4 Å². The first-order chi connectivity index (χ1) is 10.1. The molecule has 2 atom stereocenters. The smallest absolute Gasteiger partial charge is 0.335 e. The molecule has 0 aliphatic carbocycles. The minimum absolute atomic E-state index is 0. The van der Waals surface area contributed by atoms with Gasteiger partial charge in [0.1, 0.15) is 0 Å². The summed E-state index contributed by atoms with van der Waals surface area (Å²) in [5.74, 6) is -6.05. The molecule has 0 aliphatic heterocycles. The van der Waals surface area contributed by atoms with Crippen molar-refractivity contribution in [2.75, 3.05) is 6.26 Å². The highest BCUT2D eigenvalue weighted by molar-refractivity contribution is 7.85. The van der Waals surface area contributed by atoms with Crippen LogP contribution in [0.3, 0.4) is 0 Å². The number of aliphatic carboxylic acids is 4. The number of carboxylic acid groups (broad SMARTS) is 4. The van der Waals surface area contributed by atoms with Crippen molar-refractivity contribution in [3.63, 3.8) is 0 Å². The number of rotatable bonds is 5. The minimum atomic E-state index is -3.67. The van der Waals surface area contributed by atoms with Crippen molar-refractivity contribution in [2.24, 2.45) is 0 Å². The van der Waals surface area contributed by atoms with Crippen LogP contribution in [0.2, 0.25) is 0 Å². The van der Waals surface area contributed by atoms with E-state index in [1.807, 2.05) is 0 Å². The average Bonchev–Trinajstić information content (AvgIpc) is 2.33. The van der Waals surface area contributed by atoms with Gasteiger partial charge in [0.15, 0.2) is 12.2 Å². The van der Waals surface area contributed by atoms with Crippen LogP contribution in [0.4, 0.5) is 0 Å². The van der Waals surface area contributed by atoms with E-state index in [-0.39, 0.29) is 17.9 Å². The molecule has 25 heavy (non-hydrogen) atoms. The second-order valence-corrected chi connectivity index (χ2v) is 4.78. The molecule has 0 heterocycles. The van der Waals surface area contributed by atoms with E-state index in [1.165, 1.54) is 0 Å². The molecule has 0 radical (unpaired) electrons. The zero-order valence-electron chi connectivity index (χ0n) is 12.2. The molecule has 0 amide bonds. The van der Waals surface area contributed by atoms with E-state index in [4.69, 9.17) is 35.2 Å². The predicted molar refractivity (Wildman–Crippen MR) is 80.0 cm³/mol. The van der Waals surface area contributed by atoms with Gasteiger partial charge in [0, 0.05) is 12.2 Å². The van der Waals surface area contributed by atoms with Gasteiger partial charge in [0.25, 0.3) is 10.1 Å². The summed E-state index contributed by atoms with van der Waals surface area (Å²) in [6.45, 7) is 0. The summed E-state index contributed by atoms with van der Waals surface area (Å²) in [4.78, 5) is 38.7. The molecule has 0 saturated heterocycles. The van der Waals surface area contributed by atoms with E-state index < -0.39 is 46.2 Å². The van der Waals surface area contributed by atoms with Gasteiger partial charge < -0.3 is 36.1 Å².